The number of sulfonamides is 1. The van der Waals surface area contributed by atoms with Crippen molar-refractivity contribution in [1.82, 2.24) is 4.31 Å². The lowest BCUT2D eigenvalue weighted by molar-refractivity contribution is -0.137. The molecule has 0 fully saturated rings. The molecule has 1 N–H and O–H groups in total. The molecule has 0 spiro atoms. The second-order valence-corrected chi connectivity index (χ2v) is 8.56. The van der Waals surface area contributed by atoms with Crippen molar-refractivity contribution in [2.75, 3.05) is 18.4 Å². The van der Waals surface area contributed by atoms with Crippen LogP contribution in [0.25, 0.3) is 0 Å². The van der Waals surface area contributed by atoms with Gasteiger partial charge in [-0.1, -0.05) is 37.3 Å². The highest BCUT2D eigenvalue weighted by atomic mass is 32.2. The van der Waals surface area contributed by atoms with Crippen molar-refractivity contribution in [3.8, 4) is 0 Å². The number of halogens is 3. The first-order valence-electron chi connectivity index (χ1n) is 9.17. The Balaban J connectivity index is 2.31. The maximum atomic E-state index is 13.0. The lowest BCUT2D eigenvalue weighted by Gasteiger charge is -2.21. The van der Waals surface area contributed by atoms with Crippen LogP contribution in [-0.4, -0.2) is 31.7 Å². The molecule has 0 saturated carbocycles. The third-order valence-corrected chi connectivity index (χ3v) is 6.26. The smallest absolute Gasteiger partial charge is 0.324 e. The molecule has 2 rings (SSSR count). The Labute approximate surface area is 174 Å². The van der Waals surface area contributed by atoms with E-state index in [2.05, 4.69) is 11.9 Å². The zero-order chi connectivity index (χ0) is 22.5. The van der Waals surface area contributed by atoms with Crippen LogP contribution in [0.3, 0.4) is 0 Å². The molecule has 162 valence electrons. The van der Waals surface area contributed by atoms with E-state index in [1.807, 2.05) is 32.0 Å². The molecule has 5 nitrogen and oxygen atoms in total. The quantitative estimate of drug-likeness (QED) is 0.619. The fourth-order valence-electron chi connectivity index (χ4n) is 2.91. The summed E-state index contributed by atoms with van der Waals surface area (Å²) in [6, 6.07) is 8.94. The highest BCUT2D eigenvalue weighted by Crippen LogP contribution is 2.31. The van der Waals surface area contributed by atoms with Crippen molar-refractivity contribution < 1.29 is 26.4 Å². The van der Waals surface area contributed by atoms with E-state index in [1.165, 1.54) is 6.08 Å². The van der Waals surface area contributed by atoms with Crippen LogP contribution in [0.4, 0.5) is 18.9 Å². The molecular weight excluding hydrogens is 417 g/mol. The zero-order valence-electron chi connectivity index (χ0n) is 16.7. The van der Waals surface area contributed by atoms with Gasteiger partial charge in [-0.3, -0.25) is 4.79 Å². The molecule has 0 aromatic heterocycles. The number of benzene rings is 2. The van der Waals surface area contributed by atoms with Crippen LogP contribution in [0.15, 0.2) is 60.0 Å². The second kappa shape index (κ2) is 9.44. The first-order chi connectivity index (χ1) is 14.0. The maximum Gasteiger partial charge on any atom is 0.416 e. The highest BCUT2D eigenvalue weighted by Gasteiger charge is 2.33. The molecule has 0 bridgehead atoms. The fourth-order valence-corrected chi connectivity index (χ4v) is 4.33. The second-order valence-electron chi connectivity index (χ2n) is 6.62. The van der Waals surface area contributed by atoms with Crippen LogP contribution in [0, 0.1) is 6.92 Å². The number of amides is 1. The van der Waals surface area contributed by atoms with Crippen molar-refractivity contribution in [3.05, 3.63) is 71.8 Å². The number of aryl methyl sites for hydroxylation is 2. The Morgan fingerprint density at radius 2 is 1.87 bits per heavy atom. The van der Waals surface area contributed by atoms with Gasteiger partial charge in [-0.25, -0.2) is 8.42 Å². The summed E-state index contributed by atoms with van der Waals surface area (Å²) in [7, 11) is -4.36. The maximum absolute atomic E-state index is 13.0. The average Bonchev–Trinajstić information content (AvgIpc) is 2.68. The molecule has 0 unspecified atom stereocenters. The van der Waals surface area contributed by atoms with Gasteiger partial charge in [0.05, 0.1) is 17.0 Å². The first-order valence-corrected chi connectivity index (χ1v) is 10.6. The highest BCUT2D eigenvalue weighted by molar-refractivity contribution is 7.89. The number of carbonyl (C=O) groups excluding carboxylic acids is 1. The molecule has 0 saturated heterocycles. The van der Waals surface area contributed by atoms with Gasteiger partial charge in [-0.15, -0.1) is 6.58 Å². The summed E-state index contributed by atoms with van der Waals surface area (Å²) in [4.78, 5) is 12.0. The van der Waals surface area contributed by atoms with E-state index in [9.17, 15) is 26.4 Å². The minimum absolute atomic E-state index is 0.236. The summed E-state index contributed by atoms with van der Waals surface area (Å²) >= 11 is 0. The van der Waals surface area contributed by atoms with Gasteiger partial charge in [0.1, 0.15) is 0 Å². The Morgan fingerprint density at radius 1 is 1.20 bits per heavy atom. The molecule has 0 heterocycles. The van der Waals surface area contributed by atoms with Gasteiger partial charge < -0.3 is 5.32 Å². The van der Waals surface area contributed by atoms with E-state index in [1.54, 1.807) is 0 Å². The van der Waals surface area contributed by atoms with Gasteiger partial charge in [0.25, 0.3) is 0 Å². The number of hydrogen-bond donors (Lipinski definition) is 1. The SMILES string of the molecule is C=CCN(CC(=O)Nc1c(C)cccc1CC)S(=O)(=O)c1cccc(C(F)(F)F)c1. The van der Waals surface area contributed by atoms with Crippen LogP contribution in [0.2, 0.25) is 0 Å². The standard InChI is InChI=1S/C21H23F3N2O3S/c1-4-12-26(14-19(27)25-20-15(3)8-6-9-16(20)5-2)30(28,29)18-11-7-10-17(13-18)21(22,23)24/h4,6-11,13H,1,5,12,14H2,2-3H3,(H,25,27). The zero-order valence-corrected chi connectivity index (χ0v) is 17.5. The van der Waals surface area contributed by atoms with Crippen molar-refractivity contribution >= 4 is 21.6 Å². The van der Waals surface area contributed by atoms with Crippen molar-refractivity contribution in [1.29, 1.82) is 0 Å². The summed E-state index contributed by atoms with van der Waals surface area (Å²) in [5.74, 6) is -0.601. The molecule has 2 aromatic carbocycles. The normalized spacial score (nSPS) is 12.1. The number of nitrogens with one attached hydrogen (secondary N) is 1. The van der Waals surface area contributed by atoms with Gasteiger partial charge in [0, 0.05) is 12.2 Å². The topological polar surface area (TPSA) is 66.5 Å². The number of alkyl halides is 3. The number of carbonyl (C=O) groups is 1. The third kappa shape index (κ3) is 5.48. The minimum atomic E-state index is -4.69. The number of para-hydroxylation sites is 1. The molecule has 0 atom stereocenters. The van der Waals surface area contributed by atoms with Crippen molar-refractivity contribution in [2.45, 2.75) is 31.3 Å². The predicted molar refractivity (Wildman–Crippen MR) is 110 cm³/mol. The molecule has 0 aliphatic carbocycles. The number of anilines is 1. The number of rotatable bonds is 8. The summed E-state index contributed by atoms with van der Waals surface area (Å²) in [6.07, 6.45) is -2.76. The van der Waals surface area contributed by atoms with E-state index in [4.69, 9.17) is 0 Å². The molecule has 9 heteroatoms. The van der Waals surface area contributed by atoms with Gasteiger partial charge in [0.2, 0.25) is 15.9 Å². The van der Waals surface area contributed by atoms with Crippen LogP contribution in [0.5, 0.6) is 0 Å². The van der Waals surface area contributed by atoms with E-state index < -0.39 is 39.1 Å². The third-order valence-electron chi connectivity index (χ3n) is 4.46. The van der Waals surface area contributed by atoms with E-state index in [0.29, 0.717) is 18.2 Å². The minimum Gasteiger partial charge on any atom is -0.324 e. The van der Waals surface area contributed by atoms with Crippen LogP contribution in [0.1, 0.15) is 23.6 Å². The monoisotopic (exact) mass is 440 g/mol. The Morgan fingerprint density at radius 3 is 2.47 bits per heavy atom. The largest absolute Gasteiger partial charge is 0.416 e. The molecule has 0 aliphatic heterocycles. The van der Waals surface area contributed by atoms with Gasteiger partial charge in [0.15, 0.2) is 0 Å². The predicted octanol–water partition coefficient (Wildman–Crippen LogP) is 4.39. The lowest BCUT2D eigenvalue weighted by Crippen LogP contribution is -2.38. The lowest BCUT2D eigenvalue weighted by atomic mass is 10.1. The van der Waals surface area contributed by atoms with Gasteiger partial charge >= 0.3 is 6.18 Å². The number of hydrogen-bond acceptors (Lipinski definition) is 3. The Kier molecular flexibility index (Phi) is 7.44. The van der Waals surface area contributed by atoms with Crippen LogP contribution in [-0.2, 0) is 27.4 Å². The Hall–Kier alpha value is -2.65. The molecule has 30 heavy (non-hydrogen) atoms. The van der Waals surface area contributed by atoms with Gasteiger partial charge in [-0.2, -0.15) is 17.5 Å². The summed E-state index contributed by atoms with van der Waals surface area (Å²) in [5.41, 5.74) is 1.22. The molecule has 0 radical (unpaired) electrons. The molecule has 0 aliphatic rings. The molecular formula is C21H23F3N2O3S. The van der Waals surface area contributed by atoms with Crippen LogP contribution < -0.4 is 5.32 Å². The average molecular weight is 440 g/mol. The van der Waals surface area contributed by atoms with Crippen molar-refractivity contribution in [2.24, 2.45) is 0 Å². The Bertz CT molecular complexity index is 1030. The van der Waals surface area contributed by atoms with E-state index >= 15 is 0 Å². The van der Waals surface area contributed by atoms with E-state index in [-0.39, 0.29) is 6.54 Å². The van der Waals surface area contributed by atoms with Gasteiger partial charge in [-0.05, 0) is 42.7 Å². The summed E-state index contributed by atoms with van der Waals surface area (Å²) < 4.78 is 65.5. The summed E-state index contributed by atoms with van der Waals surface area (Å²) in [5, 5.41) is 2.72. The fraction of sp³-hybridized carbons (Fsp3) is 0.286. The van der Waals surface area contributed by atoms with E-state index in [0.717, 1.165) is 33.6 Å². The number of nitrogens with zero attached hydrogens (tertiary/aromatic N) is 1. The van der Waals surface area contributed by atoms with Crippen LogP contribution >= 0.6 is 0 Å². The molecule has 1 amide bonds. The first kappa shape index (κ1) is 23.6. The van der Waals surface area contributed by atoms with Crippen molar-refractivity contribution in [3.63, 3.8) is 0 Å². The summed E-state index contributed by atoms with van der Waals surface area (Å²) in [6.45, 7) is 6.41. The molecule has 2 aromatic rings.